The SMILES string of the molecule is O=C(O)CC(c1cnc2ccccc2n1)n1ncc2c(OCCc3ccc4c(n3)CCCC4)cccc21. The van der Waals surface area contributed by atoms with Crippen molar-refractivity contribution in [3.63, 3.8) is 0 Å². The van der Waals surface area contributed by atoms with Crippen molar-refractivity contribution in [1.29, 1.82) is 0 Å². The maximum Gasteiger partial charge on any atom is 0.305 e. The molecule has 1 N–H and O–H groups in total. The van der Waals surface area contributed by atoms with Crippen molar-refractivity contribution in [1.82, 2.24) is 24.7 Å². The van der Waals surface area contributed by atoms with E-state index in [4.69, 9.17) is 14.7 Å². The Morgan fingerprint density at radius 1 is 0.973 bits per heavy atom. The van der Waals surface area contributed by atoms with E-state index in [0.29, 0.717) is 30.0 Å². The minimum atomic E-state index is -0.937. The predicted molar refractivity (Wildman–Crippen MR) is 140 cm³/mol. The number of carboxylic acids is 1. The minimum Gasteiger partial charge on any atom is -0.492 e. The quantitative estimate of drug-likeness (QED) is 0.327. The number of para-hydroxylation sites is 2. The van der Waals surface area contributed by atoms with Gasteiger partial charge in [-0.1, -0.05) is 24.3 Å². The lowest BCUT2D eigenvalue weighted by Crippen LogP contribution is -2.18. The van der Waals surface area contributed by atoms with E-state index in [0.717, 1.165) is 35.0 Å². The number of rotatable bonds is 8. The maximum absolute atomic E-state index is 11.8. The summed E-state index contributed by atoms with van der Waals surface area (Å²) in [6.07, 6.45) is 8.54. The molecule has 3 heterocycles. The summed E-state index contributed by atoms with van der Waals surface area (Å²) in [5.74, 6) is -0.228. The Kier molecular flexibility index (Phi) is 6.22. The van der Waals surface area contributed by atoms with Gasteiger partial charge < -0.3 is 9.84 Å². The van der Waals surface area contributed by atoms with Crippen LogP contribution in [0.15, 0.2) is 67.0 Å². The van der Waals surface area contributed by atoms with E-state index in [1.165, 1.54) is 24.1 Å². The number of hydrogen-bond donors (Lipinski definition) is 1. The molecule has 186 valence electrons. The van der Waals surface area contributed by atoms with Gasteiger partial charge in [-0.3, -0.25) is 19.4 Å². The average Bonchev–Trinajstić information content (AvgIpc) is 3.36. The summed E-state index contributed by atoms with van der Waals surface area (Å²) in [4.78, 5) is 25.8. The lowest BCUT2D eigenvalue weighted by atomic mass is 9.96. The number of carbonyl (C=O) groups is 1. The molecule has 1 unspecified atom stereocenters. The number of aryl methyl sites for hydroxylation is 2. The number of aromatic nitrogens is 5. The van der Waals surface area contributed by atoms with Crippen molar-refractivity contribution in [2.45, 2.75) is 44.6 Å². The number of fused-ring (bicyclic) bond motifs is 3. The summed E-state index contributed by atoms with van der Waals surface area (Å²) in [7, 11) is 0. The van der Waals surface area contributed by atoms with Crippen LogP contribution in [0.1, 0.15) is 47.9 Å². The van der Waals surface area contributed by atoms with Gasteiger partial charge in [-0.15, -0.1) is 0 Å². The number of benzene rings is 2. The van der Waals surface area contributed by atoms with E-state index in [9.17, 15) is 9.90 Å². The van der Waals surface area contributed by atoms with E-state index < -0.39 is 12.0 Å². The second-order valence-electron chi connectivity index (χ2n) is 9.39. The Morgan fingerprint density at radius 2 is 1.84 bits per heavy atom. The fourth-order valence-corrected chi connectivity index (χ4v) is 5.06. The molecule has 1 aliphatic carbocycles. The topological polar surface area (TPSA) is 103 Å². The summed E-state index contributed by atoms with van der Waals surface area (Å²) in [6, 6.07) is 17.0. The van der Waals surface area contributed by atoms with Crippen LogP contribution in [0, 0.1) is 0 Å². The van der Waals surface area contributed by atoms with Crippen LogP contribution in [-0.2, 0) is 24.1 Å². The number of nitrogens with zero attached hydrogens (tertiary/aromatic N) is 5. The molecule has 1 atom stereocenters. The molecule has 8 nitrogen and oxygen atoms in total. The van der Waals surface area contributed by atoms with Crippen molar-refractivity contribution < 1.29 is 14.6 Å². The Labute approximate surface area is 214 Å². The van der Waals surface area contributed by atoms with Gasteiger partial charge >= 0.3 is 5.97 Å². The normalized spacial score (nSPS) is 13.9. The third-order valence-electron chi connectivity index (χ3n) is 6.92. The summed E-state index contributed by atoms with van der Waals surface area (Å²) >= 11 is 0. The van der Waals surface area contributed by atoms with Crippen molar-refractivity contribution >= 4 is 27.9 Å². The number of carboxylic acid groups (broad SMARTS) is 1. The number of ether oxygens (including phenoxy) is 1. The van der Waals surface area contributed by atoms with Gasteiger partial charge in [0.1, 0.15) is 11.8 Å². The molecule has 0 saturated heterocycles. The molecule has 2 aromatic carbocycles. The molecule has 3 aromatic heterocycles. The van der Waals surface area contributed by atoms with E-state index >= 15 is 0 Å². The molecule has 6 rings (SSSR count). The molecule has 0 radical (unpaired) electrons. The Balaban J connectivity index is 1.26. The second-order valence-corrected chi connectivity index (χ2v) is 9.39. The highest BCUT2D eigenvalue weighted by Crippen LogP contribution is 2.31. The average molecular weight is 494 g/mol. The standard InChI is InChI=1S/C29H27N5O3/c35-29(36)16-27(25-18-30-23-8-3-4-9-24(23)33-25)34-26-10-5-11-28(21(26)17-31-34)37-15-14-20-13-12-19-6-1-2-7-22(19)32-20/h3-5,8-13,17-18,27H,1-2,6-7,14-16H2,(H,35,36). The van der Waals surface area contributed by atoms with Gasteiger partial charge in [-0.25, -0.2) is 4.98 Å². The third kappa shape index (κ3) is 4.74. The highest BCUT2D eigenvalue weighted by atomic mass is 16.5. The highest BCUT2D eigenvalue weighted by molar-refractivity contribution is 5.85. The molecular formula is C29H27N5O3. The van der Waals surface area contributed by atoms with Gasteiger partial charge in [0.15, 0.2) is 0 Å². The van der Waals surface area contributed by atoms with Crippen LogP contribution in [0.2, 0.25) is 0 Å². The molecule has 8 heteroatoms. The zero-order valence-corrected chi connectivity index (χ0v) is 20.4. The first-order chi connectivity index (χ1) is 18.2. The molecule has 0 bridgehead atoms. The van der Waals surface area contributed by atoms with Crippen LogP contribution in [-0.4, -0.2) is 42.4 Å². The van der Waals surface area contributed by atoms with E-state index in [2.05, 4.69) is 22.2 Å². The molecule has 0 spiro atoms. The lowest BCUT2D eigenvalue weighted by molar-refractivity contribution is -0.137. The van der Waals surface area contributed by atoms with Crippen LogP contribution in [0.4, 0.5) is 0 Å². The zero-order chi connectivity index (χ0) is 25.2. The van der Waals surface area contributed by atoms with Gasteiger partial charge in [-0.2, -0.15) is 5.10 Å². The Morgan fingerprint density at radius 3 is 2.73 bits per heavy atom. The van der Waals surface area contributed by atoms with Gasteiger partial charge in [0.2, 0.25) is 0 Å². The summed E-state index contributed by atoms with van der Waals surface area (Å²) in [5, 5.41) is 15.1. The van der Waals surface area contributed by atoms with Crippen molar-refractivity contribution in [2.24, 2.45) is 0 Å². The smallest absolute Gasteiger partial charge is 0.305 e. The monoisotopic (exact) mass is 493 g/mol. The van der Waals surface area contributed by atoms with Crippen molar-refractivity contribution in [3.8, 4) is 5.75 Å². The Hall–Kier alpha value is -4.33. The molecule has 37 heavy (non-hydrogen) atoms. The molecule has 0 saturated carbocycles. The predicted octanol–water partition coefficient (Wildman–Crippen LogP) is 4.94. The first-order valence-corrected chi connectivity index (χ1v) is 12.7. The molecular weight excluding hydrogens is 466 g/mol. The molecule has 0 fully saturated rings. The summed E-state index contributed by atoms with van der Waals surface area (Å²) in [5.41, 5.74) is 6.45. The third-order valence-corrected chi connectivity index (χ3v) is 6.92. The van der Waals surface area contributed by atoms with Gasteiger partial charge in [0.05, 0.1) is 53.1 Å². The Bertz CT molecular complexity index is 1600. The molecule has 5 aromatic rings. The van der Waals surface area contributed by atoms with Gasteiger partial charge in [-0.05, 0) is 61.6 Å². The van der Waals surface area contributed by atoms with Crippen molar-refractivity contribution in [3.05, 3.63) is 89.6 Å². The van der Waals surface area contributed by atoms with Gasteiger partial charge in [0, 0.05) is 17.8 Å². The molecule has 1 aliphatic rings. The number of hydrogen-bond acceptors (Lipinski definition) is 6. The van der Waals surface area contributed by atoms with E-state index in [-0.39, 0.29) is 6.42 Å². The maximum atomic E-state index is 11.8. The highest BCUT2D eigenvalue weighted by Gasteiger charge is 2.23. The largest absolute Gasteiger partial charge is 0.492 e. The number of aliphatic carboxylic acids is 1. The minimum absolute atomic E-state index is 0.168. The molecule has 0 aliphatic heterocycles. The lowest BCUT2D eigenvalue weighted by Gasteiger charge is -2.17. The van der Waals surface area contributed by atoms with Gasteiger partial charge in [0.25, 0.3) is 0 Å². The van der Waals surface area contributed by atoms with Crippen LogP contribution in [0.3, 0.4) is 0 Å². The van der Waals surface area contributed by atoms with Crippen LogP contribution < -0.4 is 4.74 Å². The summed E-state index contributed by atoms with van der Waals surface area (Å²) < 4.78 is 7.88. The fraction of sp³-hybridized carbons (Fsp3) is 0.276. The number of pyridine rings is 1. The first-order valence-electron chi connectivity index (χ1n) is 12.7. The van der Waals surface area contributed by atoms with E-state index in [1.807, 2.05) is 42.5 Å². The van der Waals surface area contributed by atoms with Crippen LogP contribution in [0.25, 0.3) is 21.9 Å². The zero-order valence-electron chi connectivity index (χ0n) is 20.4. The second kappa shape index (κ2) is 9.97. The molecule has 0 amide bonds. The fourth-order valence-electron chi connectivity index (χ4n) is 5.06. The summed E-state index contributed by atoms with van der Waals surface area (Å²) in [6.45, 7) is 0.491. The first kappa shape index (κ1) is 23.1. The van der Waals surface area contributed by atoms with Crippen LogP contribution >= 0.6 is 0 Å². The van der Waals surface area contributed by atoms with Crippen molar-refractivity contribution in [2.75, 3.05) is 6.61 Å². The van der Waals surface area contributed by atoms with Crippen LogP contribution in [0.5, 0.6) is 5.75 Å². The van der Waals surface area contributed by atoms with E-state index in [1.54, 1.807) is 17.1 Å².